The molecule has 2 atom stereocenters. The Labute approximate surface area is 163 Å². The standard InChI is InChI=1S/C20H27N3O5/c1-7-27-14-9-20(18(25)26,19(14,5)6)22-16(24)12-8-13(10(2)3)21-17-15(12)11(4)23-28-17/h8,10,14H,7,9H2,1-6H3,(H,22,24)(H,25,26). The van der Waals surface area contributed by atoms with Gasteiger partial charge in [0.2, 0.25) is 0 Å². The molecular weight excluding hydrogens is 362 g/mol. The lowest BCUT2D eigenvalue weighted by Gasteiger charge is -2.58. The fourth-order valence-corrected chi connectivity index (χ4v) is 3.89. The summed E-state index contributed by atoms with van der Waals surface area (Å²) in [4.78, 5) is 29.8. The second-order valence-electron chi connectivity index (χ2n) is 8.23. The van der Waals surface area contributed by atoms with E-state index in [1.54, 1.807) is 26.8 Å². The number of carboxylic acids is 1. The van der Waals surface area contributed by atoms with Gasteiger partial charge in [0.15, 0.2) is 0 Å². The highest BCUT2D eigenvalue weighted by molar-refractivity contribution is 6.08. The first-order chi connectivity index (χ1) is 13.0. The zero-order valence-corrected chi connectivity index (χ0v) is 17.1. The van der Waals surface area contributed by atoms with Crippen LogP contribution in [-0.2, 0) is 9.53 Å². The molecule has 8 heteroatoms. The third-order valence-electron chi connectivity index (χ3n) is 5.93. The SMILES string of the molecule is CCOC1CC(NC(=O)c2cc(C(C)C)nc3onc(C)c23)(C(=O)O)C1(C)C. The predicted octanol–water partition coefficient (Wildman–Crippen LogP) is 3.04. The summed E-state index contributed by atoms with van der Waals surface area (Å²) in [6.45, 7) is 11.6. The Morgan fingerprint density at radius 3 is 2.64 bits per heavy atom. The molecular formula is C20H27N3O5. The third kappa shape index (κ3) is 2.87. The monoisotopic (exact) mass is 389 g/mol. The maximum atomic E-state index is 13.2. The molecule has 1 fully saturated rings. The van der Waals surface area contributed by atoms with Crippen LogP contribution in [0.25, 0.3) is 11.1 Å². The minimum absolute atomic E-state index is 0.0669. The van der Waals surface area contributed by atoms with Crippen molar-refractivity contribution in [2.75, 3.05) is 6.61 Å². The first-order valence-corrected chi connectivity index (χ1v) is 9.49. The summed E-state index contributed by atoms with van der Waals surface area (Å²) in [6, 6.07) is 1.69. The normalized spacial score (nSPS) is 23.6. The number of carbonyl (C=O) groups is 2. The molecule has 1 aliphatic carbocycles. The summed E-state index contributed by atoms with van der Waals surface area (Å²) >= 11 is 0. The second-order valence-corrected chi connectivity index (χ2v) is 8.23. The lowest BCUT2D eigenvalue weighted by Crippen LogP contribution is -2.76. The highest BCUT2D eigenvalue weighted by Crippen LogP contribution is 2.51. The maximum Gasteiger partial charge on any atom is 0.330 e. The molecule has 1 saturated carbocycles. The van der Waals surface area contributed by atoms with Crippen LogP contribution < -0.4 is 5.32 Å². The lowest BCUT2D eigenvalue weighted by atomic mass is 9.54. The van der Waals surface area contributed by atoms with Gasteiger partial charge in [-0.15, -0.1) is 0 Å². The van der Waals surface area contributed by atoms with Gasteiger partial charge in [0.25, 0.3) is 11.6 Å². The van der Waals surface area contributed by atoms with Crippen LogP contribution in [0.1, 0.15) is 68.7 Å². The number of hydrogen-bond donors (Lipinski definition) is 2. The van der Waals surface area contributed by atoms with Crippen molar-refractivity contribution < 1.29 is 24.0 Å². The smallest absolute Gasteiger partial charge is 0.330 e. The number of carboxylic acid groups (broad SMARTS) is 1. The number of aryl methyl sites for hydroxylation is 1. The fourth-order valence-electron chi connectivity index (χ4n) is 3.89. The number of fused-ring (bicyclic) bond motifs is 1. The highest BCUT2D eigenvalue weighted by atomic mass is 16.5. The number of carbonyl (C=O) groups excluding carboxylic acids is 1. The number of pyridine rings is 1. The summed E-state index contributed by atoms with van der Waals surface area (Å²) in [5, 5.41) is 17.2. The van der Waals surface area contributed by atoms with E-state index in [1.807, 2.05) is 20.8 Å². The van der Waals surface area contributed by atoms with Crippen molar-refractivity contribution in [1.29, 1.82) is 0 Å². The van der Waals surface area contributed by atoms with Crippen LogP contribution in [-0.4, -0.2) is 45.4 Å². The van der Waals surface area contributed by atoms with Crippen LogP contribution in [0.2, 0.25) is 0 Å². The summed E-state index contributed by atoms with van der Waals surface area (Å²) in [5.41, 5.74) is -0.364. The molecule has 2 aromatic heterocycles. The van der Waals surface area contributed by atoms with Crippen LogP contribution in [0.4, 0.5) is 0 Å². The zero-order valence-electron chi connectivity index (χ0n) is 17.1. The molecule has 1 aliphatic rings. The van der Waals surface area contributed by atoms with Crippen molar-refractivity contribution in [3.63, 3.8) is 0 Å². The number of ether oxygens (including phenoxy) is 1. The topological polar surface area (TPSA) is 115 Å². The molecule has 1 amide bonds. The molecule has 2 aromatic rings. The van der Waals surface area contributed by atoms with Crippen molar-refractivity contribution in [1.82, 2.24) is 15.5 Å². The Morgan fingerprint density at radius 2 is 2.11 bits per heavy atom. The van der Waals surface area contributed by atoms with Gasteiger partial charge in [0, 0.05) is 24.1 Å². The molecule has 2 unspecified atom stereocenters. The molecule has 2 N–H and O–H groups in total. The van der Waals surface area contributed by atoms with Crippen LogP contribution >= 0.6 is 0 Å². The van der Waals surface area contributed by atoms with Crippen LogP contribution in [0.3, 0.4) is 0 Å². The average Bonchev–Trinajstić information content (AvgIpc) is 3.00. The molecule has 0 aliphatic heterocycles. The van der Waals surface area contributed by atoms with E-state index in [0.29, 0.717) is 28.9 Å². The quantitative estimate of drug-likeness (QED) is 0.780. The van der Waals surface area contributed by atoms with Crippen molar-refractivity contribution in [3.05, 3.63) is 23.0 Å². The van der Waals surface area contributed by atoms with Gasteiger partial charge < -0.3 is 19.7 Å². The van der Waals surface area contributed by atoms with Gasteiger partial charge in [-0.3, -0.25) is 4.79 Å². The van der Waals surface area contributed by atoms with E-state index < -0.39 is 22.8 Å². The largest absolute Gasteiger partial charge is 0.479 e. The summed E-state index contributed by atoms with van der Waals surface area (Å²) < 4.78 is 10.9. The highest BCUT2D eigenvalue weighted by Gasteiger charge is 2.66. The van der Waals surface area contributed by atoms with E-state index in [-0.39, 0.29) is 24.2 Å². The van der Waals surface area contributed by atoms with Crippen LogP contribution in [0.15, 0.2) is 10.6 Å². The number of rotatable bonds is 6. The Bertz CT molecular complexity index is 933. The van der Waals surface area contributed by atoms with Gasteiger partial charge in [0.1, 0.15) is 5.54 Å². The van der Waals surface area contributed by atoms with Crippen LogP contribution in [0.5, 0.6) is 0 Å². The summed E-state index contributed by atoms with van der Waals surface area (Å²) in [6.07, 6.45) is -0.0297. The predicted molar refractivity (Wildman–Crippen MR) is 102 cm³/mol. The van der Waals surface area contributed by atoms with E-state index in [9.17, 15) is 14.7 Å². The molecule has 0 aromatic carbocycles. The molecule has 152 valence electrons. The third-order valence-corrected chi connectivity index (χ3v) is 5.93. The van der Waals surface area contributed by atoms with E-state index in [0.717, 1.165) is 0 Å². The van der Waals surface area contributed by atoms with Gasteiger partial charge in [-0.25, -0.2) is 9.78 Å². The number of aliphatic carboxylic acids is 1. The maximum absolute atomic E-state index is 13.2. The van der Waals surface area contributed by atoms with Crippen molar-refractivity contribution in [2.24, 2.45) is 5.41 Å². The Kier molecular flexibility index (Phi) is 4.95. The fraction of sp³-hybridized carbons (Fsp3) is 0.600. The number of amides is 1. The first kappa shape index (κ1) is 20.3. The number of aromatic nitrogens is 2. The Morgan fingerprint density at radius 1 is 1.43 bits per heavy atom. The summed E-state index contributed by atoms with van der Waals surface area (Å²) in [5.74, 6) is -1.48. The Hall–Kier alpha value is -2.48. The molecule has 28 heavy (non-hydrogen) atoms. The minimum atomic E-state index is -1.41. The lowest BCUT2D eigenvalue weighted by molar-refractivity contribution is -0.190. The van der Waals surface area contributed by atoms with Crippen molar-refractivity contribution in [3.8, 4) is 0 Å². The molecule has 0 saturated heterocycles. The van der Waals surface area contributed by atoms with Crippen LogP contribution in [0, 0.1) is 12.3 Å². The zero-order chi connectivity index (χ0) is 20.9. The molecule has 3 rings (SSSR count). The molecule has 0 radical (unpaired) electrons. The number of nitrogens with one attached hydrogen (secondary N) is 1. The van der Waals surface area contributed by atoms with E-state index >= 15 is 0 Å². The van der Waals surface area contributed by atoms with Gasteiger partial charge in [-0.1, -0.05) is 32.9 Å². The van der Waals surface area contributed by atoms with Gasteiger partial charge in [0.05, 0.1) is 22.7 Å². The first-order valence-electron chi connectivity index (χ1n) is 9.49. The molecule has 0 bridgehead atoms. The summed E-state index contributed by atoms with van der Waals surface area (Å²) in [7, 11) is 0. The van der Waals surface area contributed by atoms with Gasteiger partial charge in [-0.05, 0) is 25.8 Å². The molecule has 2 heterocycles. The molecule has 8 nitrogen and oxygen atoms in total. The van der Waals surface area contributed by atoms with Crippen molar-refractivity contribution in [2.45, 2.75) is 65.5 Å². The van der Waals surface area contributed by atoms with E-state index in [4.69, 9.17) is 9.26 Å². The second kappa shape index (κ2) is 6.84. The number of nitrogens with zero attached hydrogens (tertiary/aromatic N) is 2. The average molecular weight is 389 g/mol. The Balaban J connectivity index is 2.03. The van der Waals surface area contributed by atoms with E-state index in [1.165, 1.54) is 0 Å². The molecule has 0 spiro atoms. The van der Waals surface area contributed by atoms with E-state index in [2.05, 4.69) is 15.5 Å². The van der Waals surface area contributed by atoms with Crippen molar-refractivity contribution >= 4 is 23.0 Å². The van der Waals surface area contributed by atoms with Gasteiger partial charge in [-0.2, -0.15) is 0 Å². The minimum Gasteiger partial charge on any atom is -0.479 e. The van der Waals surface area contributed by atoms with Gasteiger partial charge >= 0.3 is 5.97 Å². The number of hydrogen-bond acceptors (Lipinski definition) is 6.